The third-order valence-corrected chi connectivity index (χ3v) is 5.64. The van der Waals surface area contributed by atoms with Gasteiger partial charge in [-0.25, -0.2) is 4.98 Å². The fourth-order valence-electron chi connectivity index (χ4n) is 2.77. The quantitative estimate of drug-likeness (QED) is 0.643. The summed E-state index contributed by atoms with van der Waals surface area (Å²) in [7, 11) is 0. The van der Waals surface area contributed by atoms with Gasteiger partial charge in [0.15, 0.2) is 11.5 Å². The van der Waals surface area contributed by atoms with Crippen LogP contribution in [0.1, 0.15) is 33.0 Å². The van der Waals surface area contributed by atoms with Crippen molar-refractivity contribution in [2.24, 2.45) is 0 Å². The molecule has 1 aliphatic carbocycles. The Morgan fingerprint density at radius 2 is 2.20 bits per heavy atom. The number of nitrogens with zero attached hydrogens (tertiary/aromatic N) is 1. The van der Waals surface area contributed by atoms with Crippen LogP contribution in [0.25, 0.3) is 11.1 Å². The largest absolute Gasteiger partial charge is 0.441 e. The molecule has 20 heavy (non-hydrogen) atoms. The van der Waals surface area contributed by atoms with E-state index in [4.69, 9.17) is 16.0 Å². The zero-order valence-electron chi connectivity index (χ0n) is 10.9. The van der Waals surface area contributed by atoms with Gasteiger partial charge in [-0.3, -0.25) is 0 Å². The van der Waals surface area contributed by atoms with Gasteiger partial charge in [0.25, 0.3) is 0 Å². The van der Waals surface area contributed by atoms with Crippen LogP contribution in [-0.4, -0.2) is 4.98 Å². The van der Waals surface area contributed by atoms with Crippen molar-refractivity contribution < 1.29 is 4.42 Å². The van der Waals surface area contributed by atoms with Crippen LogP contribution in [0.5, 0.6) is 0 Å². The Kier molecular flexibility index (Phi) is 3.04. The predicted molar refractivity (Wildman–Crippen MR) is 82.7 cm³/mol. The lowest BCUT2D eigenvalue weighted by Gasteiger charge is -2.03. The highest BCUT2D eigenvalue weighted by molar-refractivity contribution is 7.12. The van der Waals surface area contributed by atoms with Gasteiger partial charge in [-0.1, -0.05) is 12.1 Å². The van der Waals surface area contributed by atoms with Gasteiger partial charge < -0.3 is 4.42 Å². The zero-order valence-corrected chi connectivity index (χ0v) is 12.5. The van der Waals surface area contributed by atoms with Crippen molar-refractivity contribution in [3.8, 4) is 0 Å². The molecule has 0 bridgehead atoms. The number of aromatic nitrogens is 1. The molecule has 0 amide bonds. The van der Waals surface area contributed by atoms with Crippen LogP contribution in [0, 0.1) is 0 Å². The first-order chi connectivity index (χ1) is 9.79. The second-order valence-electron chi connectivity index (χ2n) is 5.20. The van der Waals surface area contributed by atoms with Crippen molar-refractivity contribution >= 4 is 34.0 Å². The van der Waals surface area contributed by atoms with Crippen molar-refractivity contribution in [1.29, 1.82) is 0 Å². The first-order valence-corrected chi connectivity index (χ1v) is 8.15. The third-order valence-electron chi connectivity index (χ3n) is 3.77. The average Bonchev–Trinajstić information content (AvgIpc) is 3.11. The smallest absolute Gasteiger partial charge is 0.197 e. The first-order valence-electron chi connectivity index (χ1n) is 6.89. The summed E-state index contributed by atoms with van der Waals surface area (Å²) >= 11 is 8.40. The molecule has 1 atom stereocenters. The molecular weight excluding hydrogens is 290 g/mol. The number of hydrogen-bond donors (Lipinski definition) is 0. The van der Waals surface area contributed by atoms with Crippen LogP contribution in [0.2, 0.25) is 0 Å². The summed E-state index contributed by atoms with van der Waals surface area (Å²) in [6.45, 7) is 0. The molecule has 0 fully saturated rings. The summed E-state index contributed by atoms with van der Waals surface area (Å²) in [6.07, 6.45) is 4.36. The highest BCUT2D eigenvalue weighted by Gasteiger charge is 2.20. The molecule has 0 spiro atoms. The Morgan fingerprint density at radius 3 is 3.05 bits per heavy atom. The second kappa shape index (κ2) is 4.90. The Labute approximate surface area is 126 Å². The lowest BCUT2D eigenvalue weighted by Crippen LogP contribution is -1.93. The molecule has 1 aliphatic rings. The van der Waals surface area contributed by atoms with E-state index in [-0.39, 0.29) is 5.38 Å². The minimum atomic E-state index is -0.0429. The summed E-state index contributed by atoms with van der Waals surface area (Å²) in [4.78, 5) is 7.26. The molecule has 0 N–H and O–H groups in total. The number of alkyl halides is 1. The highest BCUT2D eigenvalue weighted by Crippen LogP contribution is 2.37. The van der Waals surface area contributed by atoms with Gasteiger partial charge in [-0.2, -0.15) is 0 Å². The summed E-state index contributed by atoms with van der Waals surface area (Å²) in [5.74, 6) is 0.722. The highest BCUT2D eigenvalue weighted by atomic mass is 35.5. The molecule has 0 radical (unpaired) electrons. The Hall–Kier alpha value is -1.32. The van der Waals surface area contributed by atoms with E-state index in [0.717, 1.165) is 17.0 Å². The fraction of sp³-hybridized carbons (Fsp3) is 0.312. The number of para-hydroxylation sites is 2. The van der Waals surface area contributed by atoms with Gasteiger partial charge in [0.05, 0.1) is 5.38 Å². The van der Waals surface area contributed by atoms with E-state index in [9.17, 15) is 0 Å². The molecular formula is C16H14ClNOS. The van der Waals surface area contributed by atoms with E-state index in [2.05, 4.69) is 11.1 Å². The van der Waals surface area contributed by atoms with Crippen LogP contribution in [0.3, 0.4) is 0 Å². The van der Waals surface area contributed by atoms with Crippen LogP contribution in [0.4, 0.5) is 0 Å². The van der Waals surface area contributed by atoms with E-state index in [1.807, 2.05) is 35.6 Å². The maximum atomic E-state index is 6.55. The topological polar surface area (TPSA) is 26.0 Å². The predicted octanol–water partition coefficient (Wildman–Crippen LogP) is 4.90. The van der Waals surface area contributed by atoms with E-state index >= 15 is 0 Å². The van der Waals surface area contributed by atoms with Crippen LogP contribution in [0.15, 0.2) is 34.7 Å². The SMILES string of the molecule is ClC(Cc1nc2ccccc2o1)c1cc2c(s1)CCC2. The molecule has 0 saturated heterocycles. The first kappa shape index (κ1) is 12.4. The molecule has 2 nitrogen and oxygen atoms in total. The molecule has 2 aromatic heterocycles. The standard InChI is InChI=1S/C16H14ClNOS/c17-11(15-8-10-4-3-7-14(10)20-15)9-16-18-12-5-1-2-6-13(12)19-16/h1-2,5-6,8,11H,3-4,7,9H2. The molecule has 1 unspecified atom stereocenters. The number of fused-ring (bicyclic) bond motifs is 2. The Bertz CT molecular complexity index is 706. The summed E-state index contributed by atoms with van der Waals surface area (Å²) in [6, 6.07) is 10.1. The minimum Gasteiger partial charge on any atom is -0.441 e. The lowest BCUT2D eigenvalue weighted by atomic mass is 10.2. The number of rotatable bonds is 3. The second-order valence-corrected chi connectivity index (χ2v) is 6.89. The van der Waals surface area contributed by atoms with E-state index in [1.165, 1.54) is 34.6 Å². The number of oxazole rings is 1. The molecule has 2 heterocycles. The van der Waals surface area contributed by atoms with Gasteiger partial charge in [0.2, 0.25) is 0 Å². The van der Waals surface area contributed by atoms with E-state index in [0.29, 0.717) is 6.42 Å². The summed E-state index contributed by atoms with van der Waals surface area (Å²) < 4.78 is 5.75. The molecule has 3 aromatic rings. The number of halogens is 1. The summed E-state index contributed by atoms with van der Waals surface area (Å²) in [5.41, 5.74) is 3.23. The normalized spacial score (nSPS) is 15.7. The van der Waals surface area contributed by atoms with E-state index < -0.39 is 0 Å². The fourth-order valence-corrected chi connectivity index (χ4v) is 4.33. The van der Waals surface area contributed by atoms with Gasteiger partial charge in [0.1, 0.15) is 5.52 Å². The molecule has 4 heteroatoms. The van der Waals surface area contributed by atoms with Gasteiger partial charge in [-0.05, 0) is 43.0 Å². The van der Waals surface area contributed by atoms with Gasteiger partial charge >= 0.3 is 0 Å². The maximum absolute atomic E-state index is 6.55. The molecule has 102 valence electrons. The lowest BCUT2D eigenvalue weighted by molar-refractivity contribution is 0.526. The van der Waals surface area contributed by atoms with Crippen molar-refractivity contribution in [3.63, 3.8) is 0 Å². The average molecular weight is 304 g/mol. The monoisotopic (exact) mass is 303 g/mol. The van der Waals surface area contributed by atoms with Gasteiger partial charge in [-0.15, -0.1) is 22.9 Å². The van der Waals surface area contributed by atoms with Crippen molar-refractivity contribution in [1.82, 2.24) is 4.98 Å². The zero-order chi connectivity index (χ0) is 13.5. The number of thiophene rings is 1. The maximum Gasteiger partial charge on any atom is 0.197 e. The van der Waals surface area contributed by atoms with E-state index in [1.54, 1.807) is 0 Å². The molecule has 0 aliphatic heterocycles. The number of aryl methyl sites for hydroxylation is 2. The van der Waals surface area contributed by atoms with Crippen molar-refractivity contribution in [3.05, 3.63) is 51.5 Å². The Morgan fingerprint density at radius 1 is 1.30 bits per heavy atom. The van der Waals surface area contributed by atoms with Gasteiger partial charge in [0, 0.05) is 16.2 Å². The Balaban J connectivity index is 1.57. The minimum absolute atomic E-state index is 0.0429. The number of hydrogen-bond acceptors (Lipinski definition) is 3. The van der Waals surface area contributed by atoms with Crippen LogP contribution in [-0.2, 0) is 19.3 Å². The van der Waals surface area contributed by atoms with Crippen molar-refractivity contribution in [2.75, 3.05) is 0 Å². The van der Waals surface area contributed by atoms with Crippen LogP contribution < -0.4 is 0 Å². The number of benzene rings is 1. The molecule has 4 rings (SSSR count). The summed E-state index contributed by atoms with van der Waals surface area (Å²) in [5, 5.41) is -0.0429. The van der Waals surface area contributed by atoms with Crippen LogP contribution >= 0.6 is 22.9 Å². The third kappa shape index (κ3) is 2.15. The van der Waals surface area contributed by atoms with Crippen molar-refractivity contribution in [2.45, 2.75) is 31.1 Å². The molecule has 1 aromatic carbocycles. The molecule has 0 saturated carbocycles.